The van der Waals surface area contributed by atoms with Crippen molar-refractivity contribution < 1.29 is 9.32 Å². The molecule has 0 bridgehead atoms. The molecule has 0 N–H and O–H groups in total. The van der Waals surface area contributed by atoms with E-state index in [2.05, 4.69) is 12.1 Å². The van der Waals surface area contributed by atoms with Crippen molar-refractivity contribution in [1.29, 1.82) is 0 Å². The standard InChI is InChI=1S/C18H22N2O2/c1-13-8-10-15(11-9-13)20(2)18(21)16-12-17(22-19-16)14-6-4-3-5-7-14/h3-7,12-13,15H,8-11H2,1-2H3. The van der Waals surface area contributed by atoms with E-state index in [-0.39, 0.29) is 5.91 Å². The molecule has 1 amide bonds. The van der Waals surface area contributed by atoms with Crippen molar-refractivity contribution in [3.05, 3.63) is 42.1 Å². The van der Waals surface area contributed by atoms with Crippen molar-refractivity contribution in [3.63, 3.8) is 0 Å². The highest BCUT2D eigenvalue weighted by Crippen LogP contribution is 2.27. The van der Waals surface area contributed by atoms with E-state index in [1.54, 1.807) is 6.07 Å². The van der Waals surface area contributed by atoms with E-state index in [1.165, 1.54) is 12.8 Å². The normalized spacial score (nSPS) is 21.5. The zero-order chi connectivity index (χ0) is 15.5. The number of benzene rings is 1. The average molecular weight is 298 g/mol. The molecule has 1 aliphatic rings. The summed E-state index contributed by atoms with van der Waals surface area (Å²) in [5.41, 5.74) is 1.32. The van der Waals surface area contributed by atoms with Crippen LogP contribution in [0, 0.1) is 5.92 Å². The van der Waals surface area contributed by atoms with Crippen LogP contribution in [0.1, 0.15) is 43.1 Å². The fourth-order valence-corrected chi connectivity index (χ4v) is 3.09. The molecule has 0 atom stereocenters. The monoisotopic (exact) mass is 298 g/mol. The zero-order valence-corrected chi connectivity index (χ0v) is 13.2. The third kappa shape index (κ3) is 3.06. The lowest BCUT2D eigenvalue weighted by Gasteiger charge is -2.33. The Bertz CT molecular complexity index is 628. The van der Waals surface area contributed by atoms with Crippen LogP contribution in [0.15, 0.2) is 40.9 Å². The fourth-order valence-electron chi connectivity index (χ4n) is 3.09. The number of hydrogen-bond acceptors (Lipinski definition) is 3. The molecular weight excluding hydrogens is 276 g/mol. The fraction of sp³-hybridized carbons (Fsp3) is 0.444. The molecule has 0 radical (unpaired) electrons. The van der Waals surface area contributed by atoms with Gasteiger partial charge >= 0.3 is 0 Å². The minimum absolute atomic E-state index is 0.0505. The second-order valence-electron chi connectivity index (χ2n) is 6.27. The van der Waals surface area contributed by atoms with E-state index >= 15 is 0 Å². The first-order valence-electron chi connectivity index (χ1n) is 7.94. The third-order valence-corrected chi connectivity index (χ3v) is 4.64. The molecule has 1 aromatic heterocycles. The number of carbonyl (C=O) groups excluding carboxylic acids is 1. The Kier molecular flexibility index (Phi) is 4.27. The first-order chi connectivity index (χ1) is 10.6. The Labute approximate surface area is 131 Å². The number of aromatic nitrogens is 1. The highest BCUT2D eigenvalue weighted by molar-refractivity contribution is 5.93. The van der Waals surface area contributed by atoms with Crippen molar-refractivity contribution >= 4 is 5.91 Å². The molecule has 116 valence electrons. The van der Waals surface area contributed by atoms with Crippen LogP contribution in [0.5, 0.6) is 0 Å². The van der Waals surface area contributed by atoms with Gasteiger partial charge in [0.25, 0.3) is 5.91 Å². The minimum atomic E-state index is -0.0505. The Balaban J connectivity index is 1.71. The molecule has 1 saturated carbocycles. The van der Waals surface area contributed by atoms with Crippen LogP contribution in [0.25, 0.3) is 11.3 Å². The van der Waals surface area contributed by atoms with Crippen LogP contribution in [0.3, 0.4) is 0 Å². The van der Waals surface area contributed by atoms with Gasteiger partial charge in [0.2, 0.25) is 0 Å². The SMILES string of the molecule is CC1CCC(N(C)C(=O)c2cc(-c3ccccc3)on2)CC1. The molecule has 0 aliphatic heterocycles. The quantitative estimate of drug-likeness (QED) is 0.860. The van der Waals surface area contributed by atoms with Gasteiger partial charge in [-0.1, -0.05) is 42.4 Å². The second kappa shape index (κ2) is 6.34. The molecule has 22 heavy (non-hydrogen) atoms. The molecule has 2 aromatic rings. The highest BCUT2D eigenvalue weighted by atomic mass is 16.5. The van der Waals surface area contributed by atoms with Crippen molar-refractivity contribution in [2.45, 2.75) is 38.6 Å². The molecule has 0 saturated heterocycles. The number of rotatable bonds is 3. The Hall–Kier alpha value is -2.10. The molecular formula is C18H22N2O2. The molecule has 1 aliphatic carbocycles. The second-order valence-corrected chi connectivity index (χ2v) is 6.27. The predicted octanol–water partition coefficient (Wildman–Crippen LogP) is 3.99. The largest absolute Gasteiger partial charge is 0.355 e. The lowest BCUT2D eigenvalue weighted by Crippen LogP contribution is -2.39. The molecule has 1 aromatic carbocycles. The van der Waals surface area contributed by atoms with E-state index in [0.29, 0.717) is 17.5 Å². The third-order valence-electron chi connectivity index (χ3n) is 4.64. The summed E-state index contributed by atoms with van der Waals surface area (Å²) in [4.78, 5) is 14.4. The van der Waals surface area contributed by atoms with Crippen LogP contribution in [0.4, 0.5) is 0 Å². The summed E-state index contributed by atoms with van der Waals surface area (Å²) in [6.07, 6.45) is 4.53. The van der Waals surface area contributed by atoms with Gasteiger partial charge in [-0.3, -0.25) is 4.79 Å². The summed E-state index contributed by atoms with van der Waals surface area (Å²) in [7, 11) is 1.87. The lowest BCUT2D eigenvalue weighted by molar-refractivity contribution is 0.0669. The van der Waals surface area contributed by atoms with E-state index in [9.17, 15) is 4.79 Å². The Morgan fingerprint density at radius 3 is 2.55 bits per heavy atom. The van der Waals surface area contributed by atoms with E-state index < -0.39 is 0 Å². The van der Waals surface area contributed by atoms with E-state index in [0.717, 1.165) is 24.3 Å². The van der Waals surface area contributed by atoms with Gasteiger partial charge in [-0.2, -0.15) is 0 Å². The van der Waals surface area contributed by atoms with Crippen LogP contribution < -0.4 is 0 Å². The number of amides is 1. The molecule has 0 spiro atoms. The summed E-state index contributed by atoms with van der Waals surface area (Å²) in [5, 5.41) is 3.96. The van der Waals surface area contributed by atoms with Gasteiger partial charge in [0.15, 0.2) is 11.5 Å². The predicted molar refractivity (Wildman–Crippen MR) is 85.5 cm³/mol. The van der Waals surface area contributed by atoms with Crippen LogP contribution in [0.2, 0.25) is 0 Å². The molecule has 4 nitrogen and oxygen atoms in total. The summed E-state index contributed by atoms with van der Waals surface area (Å²) >= 11 is 0. The average Bonchev–Trinajstić information content (AvgIpc) is 3.05. The number of hydrogen-bond donors (Lipinski definition) is 0. The maximum absolute atomic E-state index is 12.6. The van der Waals surface area contributed by atoms with Crippen molar-refractivity contribution in [1.82, 2.24) is 10.1 Å². The zero-order valence-electron chi connectivity index (χ0n) is 13.2. The van der Waals surface area contributed by atoms with Crippen molar-refractivity contribution in [2.24, 2.45) is 5.92 Å². The lowest BCUT2D eigenvalue weighted by atomic mass is 9.86. The summed E-state index contributed by atoms with van der Waals surface area (Å²) < 4.78 is 5.33. The maximum atomic E-state index is 12.6. The summed E-state index contributed by atoms with van der Waals surface area (Å²) in [6.45, 7) is 2.28. The summed E-state index contributed by atoms with van der Waals surface area (Å²) in [6, 6.07) is 11.8. The van der Waals surface area contributed by atoms with Crippen molar-refractivity contribution in [2.75, 3.05) is 7.05 Å². The topological polar surface area (TPSA) is 46.3 Å². The van der Waals surface area contributed by atoms with Gasteiger partial charge in [-0.15, -0.1) is 0 Å². The minimum Gasteiger partial charge on any atom is -0.355 e. The molecule has 0 unspecified atom stereocenters. The highest BCUT2D eigenvalue weighted by Gasteiger charge is 2.27. The van der Waals surface area contributed by atoms with Crippen LogP contribution in [-0.4, -0.2) is 29.1 Å². The number of carbonyl (C=O) groups is 1. The Morgan fingerprint density at radius 1 is 1.18 bits per heavy atom. The first-order valence-corrected chi connectivity index (χ1v) is 7.94. The molecule has 1 fully saturated rings. The van der Waals surface area contributed by atoms with Crippen molar-refractivity contribution in [3.8, 4) is 11.3 Å². The smallest absolute Gasteiger partial charge is 0.276 e. The van der Waals surface area contributed by atoms with E-state index in [1.807, 2.05) is 42.3 Å². The van der Waals surface area contributed by atoms with Gasteiger partial charge < -0.3 is 9.42 Å². The number of nitrogens with zero attached hydrogens (tertiary/aromatic N) is 2. The van der Waals surface area contributed by atoms with Crippen LogP contribution >= 0.6 is 0 Å². The summed E-state index contributed by atoms with van der Waals surface area (Å²) in [5.74, 6) is 1.36. The molecule has 4 heteroatoms. The molecule has 1 heterocycles. The van der Waals surface area contributed by atoms with Gasteiger partial charge in [-0.05, 0) is 31.6 Å². The Morgan fingerprint density at radius 2 is 1.86 bits per heavy atom. The van der Waals surface area contributed by atoms with Gasteiger partial charge in [0, 0.05) is 24.7 Å². The van der Waals surface area contributed by atoms with Gasteiger partial charge in [-0.25, -0.2) is 0 Å². The van der Waals surface area contributed by atoms with Gasteiger partial charge in [0.05, 0.1) is 0 Å². The molecule has 3 rings (SSSR count). The van der Waals surface area contributed by atoms with Gasteiger partial charge in [0.1, 0.15) is 0 Å². The first kappa shape index (κ1) is 14.8. The van der Waals surface area contributed by atoms with Crippen LogP contribution in [-0.2, 0) is 0 Å². The van der Waals surface area contributed by atoms with E-state index in [4.69, 9.17) is 4.52 Å². The maximum Gasteiger partial charge on any atom is 0.276 e.